The number of hydrogen-bond acceptors (Lipinski definition) is 4. The molecule has 2 aliphatic rings. The molecular weight excluding hydrogens is 326 g/mol. The summed E-state index contributed by atoms with van der Waals surface area (Å²) in [7, 11) is -3.65. The lowest BCUT2D eigenvalue weighted by Crippen LogP contribution is -2.43. The fourth-order valence-corrected chi connectivity index (χ4v) is 6.31. The van der Waals surface area contributed by atoms with E-state index in [-0.39, 0.29) is 28.7 Å². The van der Waals surface area contributed by atoms with Crippen LogP contribution in [-0.4, -0.2) is 25.7 Å². The van der Waals surface area contributed by atoms with E-state index >= 15 is 0 Å². The van der Waals surface area contributed by atoms with Crippen molar-refractivity contribution in [2.75, 3.05) is 10.5 Å². The molecule has 2 atom stereocenters. The van der Waals surface area contributed by atoms with Gasteiger partial charge in [0.1, 0.15) is 5.78 Å². The fourth-order valence-electron chi connectivity index (χ4n) is 4.42. The summed E-state index contributed by atoms with van der Waals surface area (Å²) < 4.78 is 27.9. The normalized spacial score (nSPS) is 28.1. The van der Waals surface area contributed by atoms with Crippen molar-refractivity contribution in [1.82, 2.24) is 0 Å². The molecule has 6 heteroatoms. The minimum Gasteiger partial charge on any atom is -0.299 e. The SMILES string of the molecule is CC(=O)c1ccc(NS(=O)(=O)CC23CCC(CC2=O)C3(C)C)cc1. The molecule has 2 aliphatic carbocycles. The minimum atomic E-state index is -3.65. The topological polar surface area (TPSA) is 80.3 Å². The Bertz CT molecular complexity index is 795. The second-order valence-electron chi connectivity index (χ2n) is 7.66. The van der Waals surface area contributed by atoms with Gasteiger partial charge in [-0.25, -0.2) is 8.42 Å². The first-order valence-corrected chi connectivity index (χ1v) is 9.87. The Morgan fingerprint density at radius 2 is 1.88 bits per heavy atom. The molecule has 2 fully saturated rings. The summed E-state index contributed by atoms with van der Waals surface area (Å²) in [6.07, 6.45) is 2.06. The Morgan fingerprint density at radius 1 is 1.25 bits per heavy atom. The van der Waals surface area contributed by atoms with Crippen LogP contribution in [0.25, 0.3) is 0 Å². The van der Waals surface area contributed by atoms with Crippen LogP contribution in [-0.2, 0) is 14.8 Å². The predicted molar refractivity (Wildman–Crippen MR) is 92.4 cm³/mol. The molecule has 24 heavy (non-hydrogen) atoms. The highest BCUT2D eigenvalue weighted by Crippen LogP contribution is 2.64. The first kappa shape index (κ1) is 17.1. The summed E-state index contributed by atoms with van der Waals surface area (Å²) in [6, 6.07) is 6.33. The quantitative estimate of drug-likeness (QED) is 0.829. The van der Waals surface area contributed by atoms with Gasteiger partial charge in [-0.15, -0.1) is 0 Å². The number of hydrogen-bond donors (Lipinski definition) is 1. The number of carbonyl (C=O) groups excluding carboxylic acids is 2. The Labute approximate surface area is 142 Å². The van der Waals surface area contributed by atoms with Crippen molar-refractivity contribution in [3.05, 3.63) is 29.8 Å². The van der Waals surface area contributed by atoms with E-state index in [2.05, 4.69) is 4.72 Å². The third-order valence-corrected chi connectivity index (χ3v) is 7.56. The van der Waals surface area contributed by atoms with Crippen LogP contribution >= 0.6 is 0 Å². The maximum absolute atomic E-state index is 12.7. The van der Waals surface area contributed by atoms with Crippen molar-refractivity contribution in [3.8, 4) is 0 Å². The zero-order valence-electron chi connectivity index (χ0n) is 14.3. The minimum absolute atomic E-state index is 0.0707. The lowest BCUT2D eigenvalue weighted by atomic mass is 9.70. The standard InChI is InChI=1S/C18H23NO4S/c1-12(20)13-4-6-15(7-5-13)19-24(22,23)11-18-9-8-14(10-16(18)21)17(18,2)3/h4-7,14,19H,8-11H2,1-3H3. The lowest BCUT2D eigenvalue weighted by Gasteiger charge is -2.36. The molecule has 130 valence electrons. The molecule has 2 bridgehead atoms. The van der Waals surface area contributed by atoms with E-state index < -0.39 is 15.4 Å². The monoisotopic (exact) mass is 349 g/mol. The summed E-state index contributed by atoms with van der Waals surface area (Å²) in [5, 5.41) is 0. The Hall–Kier alpha value is -1.69. The van der Waals surface area contributed by atoms with Crippen molar-refractivity contribution in [2.45, 2.75) is 40.0 Å². The molecule has 1 N–H and O–H groups in total. The summed E-state index contributed by atoms with van der Waals surface area (Å²) in [4.78, 5) is 23.8. The zero-order chi connectivity index (χ0) is 17.8. The van der Waals surface area contributed by atoms with Gasteiger partial charge in [0.15, 0.2) is 5.78 Å². The molecule has 0 spiro atoms. The number of ketones is 2. The van der Waals surface area contributed by atoms with Crippen LogP contribution < -0.4 is 4.72 Å². The molecule has 2 unspecified atom stereocenters. The molecule has 1 aromatic rings. The van der Waals surface area contributed by atoms with Gasteiger partial charge in [-0.1, -0.05) is 13.8 Å². The van der Waals surface area contributed by atoms with Crippen molar-refractivity contribution in [1.29, 1.82) is 0 Å². The number of Topliss-reactive ketones (excluding diaryl/α,β-unsaturated/α-hetero) is 2. The third kappa shape index (κ3) is 2.57. The molecule has 0 aromatic heterocycles. The highest BCUT2D eigenvalue weighted by molar-refractivity contribution is 7.92. The van der Waals surface area contributed by atoms with Crippen LogP contribution in [0.2, 0.25) is 0 Å². The van der Waals surface area contributed by atoms with Gasteiger partial charge in [0, 0.05) is 17.7 Å². The fraction of sp³-hybridized carbons (Fsp3) is 0.556. The van der Waals surface area contributed by atoms with Gasteiger partial charge < -0.3 is 0 Å². The van der Waals surface area contributed by atoms with E-state index in [4.69, 9.17) is 0 Å². The zero-order valence-corrected chi connectivity index (χ0v) is 15.1. The number of nitrogens with one attached hydrogen (secondary N) is 1. The van der Waals surface area contributed by atoms with E-state index in [1.807, 2.05) is 13.8 Å². The van der Waals surface area contributed by atoms with Gasteiger partial charge in [0.05, 0.1) is 11.2 Å². The van der Waals surface area contributed by atoms with Gasteiger partial charge in [-0.3, -0.25) is 14.3 Å². The number of carbonyl (C=O) groups is 2. The van der Waals surface area contributed by atoms with Gasteiger partial charge in [-0.2, -0.15) is 0 Å². The molecular formula is C18H23NO4S. The maximum atomic E-state index is 12.7. The summed E-state index contributed by atoms with van der Waals surface area (Å²) in [5.41, 5.74) is -0.114. The number of benzene rings is 1. The van der Waals surface area contributed by atoms with Crippen molar-refractivity contribution in [2.24, 2.45) is 16.7 Å². The van der Waals surface area contributed by atoms with E-state index in [0.29, 0.717) is 24.1 Å². The van der Waals surface area contributed by atoms with Crippen LogP contribution in [0.15, 0.2) is 24.3 Å². The molecule has 2 saturated carbocycles. The van der Waals surface area contributed by atoms with Crippen LogP contribution in [0.3, 0.4) is 0 Å². The Balaban J connectivity index is 1.81. The number of rotatable bonds is 5. The molecule has 3 rings (SSSR count). The smallest absolute Gasteiger partial charge is 0.233 e. The molecule has 0 radical (unpaired) electrons. The van der Waals surface area contributed by atoms with Crippen LogP contribution in [0.5, 0.6) is 0 Å². The Morgan fingerprint density at radius 3 is 2.33 bits per heavy atom. The maximum Gasteiger partial charge on any atom is 0.233 e. The second kappa shape index (κ2) is 5.41. The lowest BCUT2D eigenvalue weighted by molar-refractivity contribution is -0.128. The van der Waals surface area contributed by atoms with E-state index in [9.17, 15) is 18.0 Å². The molecule has 0 aliphatic heterocycles. The van der Waals surface area contributed by atoms with Crippen molar-refractivity contribution in [3.63, 3.8) is 0 Å². The first-order valence-electron chi connectivity index (χ1n) is 8.22. The Kier molecular flexibility index (Phi) is 3.86. The van der Waals surface area contributed by atoms with Crippen LogP contribution in [0.4, 0.5) is 5.69 Å². The number of anilines is 1. The van der Waals surface area contributed by atoms with E-state index in [0.717, 1.165) is 6.42 Å². The predicted octanol–water partition coefficient (Wildman–Crippen LogP) is 3.03. The van der Waals surface area contributed by atoms with Gasteiger partial charge >= 0.3 is 0 Å². The van der Waals surface area contributed by atoms with E-state index in [1.165, 1.54) is 6.92 Å². The van der Waals surface area contributed by atoms with Crippen LogP contribution in [0.1, 0.15) is 50.4 Å². The summed E-state index contributed by atoms with van der Waals surface area (Å²) in [6.45, 7) is 5.50. The molecule has 1 aromatic carbocycles. The van der Waals surface area contributed by atoms with Gasteiger partial charge in [-0.05, 0) is 55.4 Å². The summed E-state index contributed by atoms with van der Waals surface area (Å²) in [5.74, 6) is 0.131. The van der Waals surface area contributed by atoms with Crippen LogP contribution in [0, 0.1) is 16.7 Å². The largest absolute Gasteiger partial charge is 0.299 e. The van der Waals surface area contributed by atoms with E-state index in [1.54, 1.807) is 24.3 Å². The first-order chi connectivity index (χ1) is 11.1. The van der Waals surface area contributed by atoms with Crippen molar-refractivity contribution >= 4 is 27.3 Å². The average Bonchev–Trinajstić information content (AvgIpc) is 2.81. The van der Waals surface area contributed by atoms with Crippen molar-refractivity contribution < 1.29 is 18.0 Å². The molecule has 0 amide bonds. The second-order valence-corrected chi connectivity index (χ2v) is 9.38. The molecule has 5 nitrogen and oxygen atoms in total. The van der Waals surface area contributed by atoms with Gasteiger partial charge in [0.2, 0.25) is 10.0 Å². The number of sulfonamides is 1. The van der Waals surface area contributed by atoms with Gasteiger partial charge in [0.25, 0.3) is 0 Å². The number of fused-ring (bicyclic) bond motifs is 2. The molecule has 0 heterocycles. The molecule has 0 saturated heterocycles. The third-order valence-electron chi connectivity index (χ3n) is 6.14. The average molecular weight is 349 g/mol. The highest BCUT2D eigenvalue weighted by atomic mass is 32.2. The highest BCUT2D eigenvalue weighted by Gasteiger charge is 2.65. The summed E-state index contributed by atoms with van der Waals surface area (Å²) >= 11 is 0.